The van der Waals surface area contributed by atoms with E-state index in [0.29, 0.717) is 6.42 Å². The van der Waals surface area contributed by atoms with Crippen LogP contribution in [0.5, 0.6) is 0 Å². The number of aliphatic hydroxyl groups is 1. The minimum absolute atomic E-state index is 0.0748. The van der Waals surface area contributed by atoms with Crippen LogP contribution >= 0.6 is 31.9 Å². The first kappa shape index (κ1) is 11.1. The van der Waals surface area contributed by atoms with Gasteiger partial charge in [0.05, 0.1) is 11.7 Å². The fraction of sp³-hybridized carbons (Fsp3) is 0.375. The number of nitrogens with zero attached hydrogens (tertiary/aromatic N) is 1. The zero-order valence-electron chi connectivity index (χ0n) is 6.87. The molecular formula is C8H10Br2N2O. The minimum Gasteiger partial charge on any atom is -0.396 e. The third-order valence-corrected chi connectivity index (χ3v) is 2.70. The maximum absolute atomic E-state index is 8.71. The Bertz CT molecular complexity index is 293. The Morgan fingerprint density at radius 1 is 1.54 bits per heavy atom. The highest BCUT2D eigenvalue weighted by atomic mass is 79.9. The van der Waals surface area contributed by atoms with Crippen LogP contribution in [0.2, 0.25) is 0 Å². The standard InChI is InChI=1S/C8H10Br2N2O/c9-5-3-6(10)8(12-4-5)7(11)1-2-13/h3-4,7,13H,1-2,11H2/t7-/m0/s1. The molecule has 5 heteroatoms. The van der Waals surface area contributed by atoms with Crippen LogP contribution < -0.4 is 5.73 Å². The van der Waals surface area contributed by atoms with Gasteiger partial charge in [-0.2, -0.15) is 0 Å². The van der Waals surface area contributed by atoms with Gasteiger partial charge in [-0.05, 0) is 44.3 Å². The lowest BCUT2D eigenvalue weighted by Crippen LogP contribution is -2.14. The van der Waals surface area contributed by atoms with Crippen molar-refractivity contribution in [2.24, 2.45) is 5.73 Å². The van der Waals surface area contributed by atoms with E-state index in [1.165, 1.54) is 0 Å². The van der Waals surface area contributed by atoms with Crippen LogP contribution in [0.3, 0.4) is 0 Å². The van der Waals surface area contributed by atoms with Crippen LogP contribution in [-0.4, -0.2) is 16.7 Å². The summed E-state index contributed by atoms with van der Waals surface area (Å²) in [6, 6.07) is 1.67. The Morgan fingerprint density at radius 2 is 2.23 bits per heavy atom. The highest BCUT2D eigenvalue weighted by molar-refractivity contribution is 9.11. The van der Waals surface area contributed by atoms with E-state index < -0.39 is 0 Å². The van der Waals surface area contributed by atoms with Gasteiger partial charge in [-0.15, -0.1) is 0 Å². The zero-order valence-corrected chi connectivity index (χ0v) is 10.0. The third-order valence-electron chi connectivity index (χ3n) is 1.63. The Kier molecular flexibility index (Phi) is 4.31. The molecule has 0 aliphatic heterocycles. The normalized spacial score (nSPS) is 12.9. The molecule has 1 heterocycles. The molecule has 1 atom stereocenters. The topological polar surface area (TPSA) is 59.1 Å². The Labute approximate surface area is 93.6 Å². The van der Waals surface area contributed by atoms with E-state index in [4.69, 9.17) is 10.8 Å². The van der Waals surface area contributed by atoms with Crippen LogP contribution in [0.15, 0.2) is 21.2 Å². The summed E-state index contributed by atoms with van der Waals surface area (Å²) in [5, 5.41) is 8.71. The molecule has 0 unspecified atom stereocenters. The number of aliphatic hydroxyl groups excluding tert-OH is 1. The molecule has 1 aromatic rings. The van der Waals surface area contributed by atoms with Gasteiger partial charge in [0.15, 0.2) is 0 Å². The van der Waals surface area contributed by atoms with Crippen LogP contribution in [0, 0.1) is 0 Å². The number of aromatic nitrogens is 1. The molecule has 0 saturated heterocycles. The predicted octanol–water partition coefficient (Wildman–Crippen LogP) is 1.99. The van der Waals surface area contributed by atoms with Crippen molar-refractivity contribution in [1.82, 2.24) is 4.98 Å². The van der Waals surface area contributed by atoms with Crippen LogP contribution in [0.25, 0.3) is 0 Å². The molecule has 0 bridgehead atoms. The van der Waals surface area contributed by atoms with E-state index in [1.807, 2.05) is 6.07 Å². The number of rotatable bonds is 3. The van der Waals surface area contributed by atoms with E-state index in [0.717, 1.165) is 14.6 Å². The summed E-state index contributed by atoms with van der Waals surface area (Å²) in [4.78, 5) is 4.17. The van der Waals surface area contributed by atoms with Crippen molar-refractivity contribution in [2.75, 3.05) is 6.61 Å². The van der Waals surface area contributed by atoms with Gasteiger partial charge >= 0.3 is 0 Å². The quantitative estimate of drug-likeness (QED) is 0.897. The van der Waals surface area contributed by atoms with Gasteiger partial charge < -0.3 is 10.8 Å². The lowest BCUT2D eigenvalue weighted by molar-refractivity contribution is 0.275. The summed E-state index contributed by atoms with van der Waals surface area (Å²) >= 11 is 6.67. The van der Waals surface area contributed by atoms with Crippen molar-refractivity contribution in [2.45, 2.75) is 12.5 Å². The smallest absolute Gasteiger partial charge is 0.0714 e. The van der Waals surface area contributed by atoms with Gasteiger partial charge in [-0.25, -0.2) is 0 Å². The summed E-state index contributed by atoms with van der Waals surface area (Å²) in [6.07, 6.45) is 2.21. The number of nitrogens with two attached hydrogens (primary N) is 1. The van der Waals surface area contributed by atoms with Crippen molar-refractivity contribution in [3.05, 3.63) is 26.9 Å². The largest absolute Gasteiger partial charge is 0.396 e. The summed E-state index contributed by atoms with van der Waals surface area (Å²) in [5.74, 6) is 0. The number of pyridine rings is 1. The monoisotopic (exact) mass is 308 g/mol. The molecule has 13 heavy (non-hydrogen) atoms. The zero-order chi connectivity index (χ0) is 9.84. The van der Waals surface area contributed by atoms with E-state index in [2.05, 4.69) is 36.8 Å². The second-order valence-electron chi connectivity index (χ2n) is 2.64. The average molecular weight is 310 g/mol. The van der Waals surface area contributed by atoms with Gasteiger partial charge in [-0.3, -0.25) is 4.98 Å². The number of hydrogen-bond acceptors (Lipinski definition) is 3. The van der Waals surface area contributed by atoms with Crippen molar-refractivity contribution >= 4 is 31.9 Å². The second kappa shape index (κ2) is 5.05. The van der Waals surface area contributed by atoms with Gasteiger partial charge in [-0.1, -0.05) is 0 Å². The Balaban J connectivity index is 2.88. The first-order chi connectivity index (χ1) is 6.15. The molecule has 0 saturated carbocycles. The first-order valence-corrected chi connectivity index (χ1v) is 5.41. The van der Waals surface area contributed by atoms with E-state index in [-0.39, 0.29) is 12.6 Å². The average Bonchev–Trinajstić information content (AvgIpc) is 2.04. The maximum Gasteiger partial charge on any atom is 0.0714 e. The lowest BCUT2D eigenvalue weighted by Gasteiger charge is -2.10. The summed E-state index contributed by atoms with van der Waals surface area (Å²) in [6.45, 7) is 0.0748. The van der Waals surface area contributed by atoms with Crippen molar-refractivity contribution < 1.29 is 5.11 Å². The van der Waals surface area contributed by atoms with Crippen LogP contribution in [0.4, 0.5) is 0 Å². The van der Waals surface area contributed by atoms with Crippen LogP contribution in [-0.2, 0) is 0 Å². The molecule has 0 spiro atoms. The molecule has 1 aromatic heterocycles. The maximum atomic E-state index is 8.71. The summed E-state index contributed by atoms with van der Waals surface area (Å²) < 4.78 is 1.77. The van der Waals surface area contributed by atoms with Crippen molar-refractivity contribution in [3.8, 4) is 0 Å². The first-order valence-electron chi connectivity index (χ1n) is 3.82. The van der Waals surface area contributed by atoms with Gasteiger partial charge in [0.2, 0.25) is 0 Å². The molecule has 0 aromatic carbocycles. The van der Waals surface area contributed by atoms with Gasteiger partial charge in [0, 0.05) is 21.7 Å². The molecule has 0 aliphatic carbocycles. The SMILES string of the molecule is N[C@@H](CCO)c1ncc(Br)cc1Br. The highest BCUT2D eigenvalue weighted by Gasteiger charge is 2.10. The van der Waals surface area contributed by atoms with Crippen molar-refractivity contribution in [1.29, 1.82) is 0 Å². The fourth-order valence-corrected chi connectivity index (χ4v) is 2.26. The third kappa shape index (κ3) is 3.02. The summed E-state index contributed by atoms with van der Waals surface area (Å²) in [5.41, 5.74) is 6.56. The molecule has 0 aliphatic rings. The van der Waals surface area contributed by atoms with E-state index >= 15 is 0 Å². The van der Waals surface area contributed by atoms with Crippen molar-refractivity contribution in [3.63, 3.8) is 0 Å². The number of halogens is 2. The minimum atomic E-state index is -0.215. The molecule has 1 rings (SSSR count). The van der Waals surface area contributed by atoms with Gasteiger partial charge in [0.1, 0.15) is 0 Å². The molecule has 0 radical (unpaired) electrons. The summed E-state index contributed by atoms with van der Waals surface area (Å²) in [7, 11) is 0. The lowest BCUT2D eigenvalue weighted by atomic mass is 10.1. The number of hydrogen-bond donors (Lipinski definition) is 2. The van der Waals surface area contributed by atoms with Gasteiger partial charge in [0.25, 0.3) is 0 Å². The second-order valence-corrected chi connectivity index (χ2v) is 4.41. The molecule has 3 nitrogen and oxygen atoms in total. The molecule has 72 valence electrons. The molecular weight excluding hydrogens is 300 g/mol. The fourth-order valence-electron chi connectivity index (χ4n) is 0.974. The molecule has 3 N–H and O–H groups in total. The van der Waals surface area contributed by atoms with E-state index in [9.17, 15) is 0 Å². The van der Waals surface area contributed by atoms with Crippen LogP contribution in [0.1, 0.15) is 18.2 Å². The predicted molar refractivity (Wildman–Crippen MR) is 58.3 cm³/mol. The Hall–Kier alpha value is 0.0300. The van der Waals surface area contributed by atoms with E-state index in [1.54, 1.807) is 6.20 Å². The Morgan fingerprint density at radius 3 is 2.77 bits per heavy atom. The highest BCUT2D eigenvalue weighted by Crippen LogP contribution is 2.24. The molecule has 0 fully saturated rings. The molecule has 0 amide bonds.